The minimum atomic E-state index is -4.44. The molecule has 0 saturated heterocycles. The number of alkyl halides is 3. The standard InChI is InChI=1S/C9H14F3NO2/c1-5-6(13-7(14)15-4)8(2,3)9(10,11)12/h5-6H,1H2,2-4H3,(H,13,14)/t6-/m1/s1. The lowest BCUT2D eigenvalue weighted by Gasteiger charge is -2.34. The summed E-state index contributed by atoms with van der Waals surface area (Å²) in [6.45, 7) is 5.22. The van der Waals surface area contributed by atoms with Crippen LogP contribution in [-0.2, 0) is 4.74 Å². The summed E-state index contributed by atoms with van der Waals surface area (Å²) in [6, 6.07) is -1.23. The Bertz CT molecular complexity index is 248. The molecule has 15 heavy (non-hydrogen) atoms. The lowest BCUT2D eigenvalue weighted by molar-refractivity contribution is -0.216. The maximum absolute atomic E-state index is 12.6. The molecule has 0 spiro atoms. The van der Waals surface area contributed by atoms with Crippen molar-refractivity contribution in [3.8, 4) is 0 Å². The maximum atomic E-state index is 12.6. The van der Waals surface area contributed by atoms with Crippen LogP contribution < -0.4 is 5.32 Å². The van der Waals surface area contributed by atoms with Gasteiger partial charge in [-0.05, 0) is 13.8 Å². The largest absolute Gasteiger partial charge is 0.453 e. The number of ether oxygens (including phenoxy) is 1. The molecule has 0 aromatic carbocycles. The van der Waals surface area contributed by atoms with Crippen molar-refractivity contribution in [2.75, 3.05) is 7.11 Å². The van der Waals surface area contributed by atoms with Gasteiger partial charge in [0.05, 0.1) is 18.6 Å². The minimum Gasteiger partial charge on any atom is -0.453 e. The van der Waals surface area contributed by atoms with Gasteiger partial charge in [0.1, 0.15) is 0 Å². The van der Waals surface area contributed by atoms with Gasteiger partial charge in [-0.2, -0.15) is 13.2 Å². The molecule has 0 rings (SSSR count). The number of nitrogens with one attached hydrogen (secondary N) is 1. The van der Waals surface area contributed by atoms with Gasteiger partial charge in [-0.25, -0.2) is 4.79 Å². The number of hydrogen-bond acceptors (Lipinski definition) is 2. The van der Waals surface area contributed by atoms with Crippen molar-refractivity contribution in [1.29, 1.82) is 0 Å². The SMILES string of the molecule is C=C[C@@H](NC(=O)OC)C(C)(C)C(F)(F)F. The van der Waals surface area contributed by atoms with Crippen LogP contribution in [0.4, 0.5) is 18.0 Å². The molecule has 0 radical (unpaired) electrons. The van der Waals surface area contributed by atoms with Crippen LogP contribution >= 0.6 is 0 Å². The quantitative estimate of drug-likeness (QED) is 0.749. The molecule has 0 fully saturated rings. The minimum absolute atomic E-state index is 0.919. The summed E-state index contributed by atoms with van der Waals surface area (Å²) in [7, 11) is 1.08. The summed E-state index contributed by atoms with van der Waals surface area (Å²) >= 11 is 0. The lowest BCUT2D eigenvalue weighted by atomic mass is 9.83. The highest BCUT2D eigenvalue weighted by atomic mass is 19.4. The van der Waals surface area contributed by atoms with E-state index in [2.05, 4.69) is 16.6 Å². The van der Waals surface area contributed by atoms with E-state index in [1.54, 1.807) is 0 Å². The van der Waals surface area contributed by atoms with Gasteiger partial charge in [-0.15, -0.1) is 6.58 Å². The molecular formula is C9H14F3NO2. The topological polar surface area (TPSA) is 38.3 Å². The van der Waals surface area contributed by atoms with Crippen LogP contribution in [-0.4, -0.2) is 25.4 Å². The average Bonchev–Trinajstić information content (AvgIpc) is 2.11. The normalized spacial score (nSPS) is 14.3. The predicted molar refractivity (Wildman–Crippen MR) is 49.4 cm³/mol. The number of carbonyl (C=O) groups excluding carboxylic acids is 1. The zero-order chi connectivity index (χ0) is 12.3. The zero-order valence-electron chi connectivity index (χ0n) is 8.81. The maximum Gasteiger partial charge on any atom is 0.407 e. The summed E-state index contributed by atoms with van der Waals surface area (Å²) in [5, 5.41) is 2.06. The van der Waals surface area contributed by atoms with Crippen LogP contribution in [0.25, 0.3) is 0 Å². The Kier molecular flexibility index (Phi) is 4.18. The lowest BCUT2D eigenvalue weighted by Crippen LogP contribution is -2.51. The number of carbonyl (C=O) groups is 1. The molecular weight excluding hydrogens is 211 g/mol. The Hall–Kier alpha value is -1.20. The second-order valence-electron chi connectivity index (χ2n) is 3.57. The van der Waals surface area contributed by atoms with Gasteiger partial charge < -0.3 is 10.1 Å². The van der Waals surface area contributed by atoms with Gasteiger partial charge in [-0.1, -0.05) is 6.08 Å². The van der Waals surface area contributed by atoms with E-state index >= 15 is 0 Å². The zero-order valence-corrected chi connectivity index (χ0v) is 8.81. The molecule has 0 aliphatic heterocycles. The molecule has 0 aromatic heterocycles. The number of amides is 1. The van der Waals surface area contributed by atoms with Crippen LogP contribution in [0.3, 0.4) is 0 Å². The third-order valence-electron chi connectivity index (χ3n) is 2.20. The smallest absolute Gasteiger partial charge is 0.407 e. The van der Waals surface area contributed by atoms with Crippen molar-refractivity contribution in [3.05, 3.63) is 12.7 Å². The summed E-state index contributed by atoms with van der Waals surface area (Å²) in [5.41, 5.74) is -2.09. The summed E-state index contributed by atoms with van der Waals surface area (Å²) in [4.78, 5) is 10.8. The summed E-state index contributed by atoms with van der Waals surface area (Å²) in [5.74, 6) is 0. The Labute approximate surface area is 86.3 Å². The van der Waals surface area contributed by atoms with Crippen molar-refractivity contribution in [2.24, 2.45) is 5.41 Å². The first-order chi connectivity index (χ1) is 6.66. The highest BCUT2D eigenvalue weighted by Crippen LogP contribution is 2.40. The van der Waals surface area contributed by atoms with Gasteiger partial charge in [-0.3, -0.25) is 0 Å². The monoisotopic (exact) mass is 225 g/mol. The molecule has 0 unspecified atom stereocenters. The van der Waals surface area contributed by atoms with Crippen molar-refractivity contribution in [3.63, 3.8) is 0 Å². The van der Waals surface area contributed by atoms with Crippen LogP contribution in [0.15, 0.2) is 12.7 Å². The molecule has 1 amide bonds. The number of hydrogen-bond donors (Lipinski definition) is 1. The molecule has 0 bridgehead atoms. The Morgan fingerprint density at radius 1 is 1.47 bits per heavy atom. The van der Waals surface area contributed by atoms with E-state index in [-0.39, 0.29) is 0 Å². The van der Waals surface area contributed by atoms with Crippen molar-refractivity contribution in [1.82, 2.24) is 5.32 Å². The average molecular weight is 225 g/mol. The van der Waals surface area contributed by atoms with E-state index in [0.717, 1.165) is 27.0 Å². The third-order valence-corrected chi connectivity index (χ3v) is 2.20. The van der Waals surface area contributed by atoms with E-state index in [4.69, 9.17) is 0 Å². The Balaban J connectivity index is 4.81. The Morgan fingerprint density at radius 3 is 2.20 bits per heavy atom. The first-order valence-corrected chi connectivity index (χ1v) is 4.20. The molecule has 88 valence electrons. The van der Waals surface area contributed by atoms with E-state index in [0.29, 0.717) is 0 Å². The van der Waals surface area contributed by atoms with Crippen LogP contribution in [0.2, 0.25) is 0 Å². The highest BCUT2D eigenvalue weighted by Gasteiger charge is 2.52. The second-order valence-corrected chi connectivity index (χ2v) is 3.57. The van der Waals surface area contributed by atoms with E-state index in [9.17, 15) is 18.0 Å². The fraction of sp³-hybridized carbons (Fsp3) is 0.667. The molecule has 0 saturated carbocycles. The van der Waals surface area contributed by atoms with E-state index in [1.165, 1.54) is 0 Å². The first-order valence-electron chi connectivity index (χ1n) is 4.20. The van der Waals surface area contributed by atoms with E-state index in [1.807, 2.05) is 0 Å². The fourth-order valence-corrected chi connectivity index (χ4v) is 0.896. The molecule has 0 aliphatic rings. The fourth-order valence-electron chi connectivity index (χ4n) is 0.896. The van der Waals surface area contributed by atoms with E-state index < -0.39 is 23.7 Å². The molecule has 1 N–H and O–H groups in total. The number of methoxy groups -OCH3 is 1. The van der Waals surface area contributed by atoms with Crippen LogP contribution in [0.5, 0.6) is 0 Å². The van der Waals surface area contributed by atoms with Crippen LogP contribution in [0.1, 0.15) is 13.8 Å². The van der Waals surface area contributed by atoms with Crippen molar-refractivity contribution >= 4 is 6.09 Å². The number of alkyl carbamates (subject to hydrolysis) is 1. The first kappa shape index (κ1) is 13.8. The molecule has 0 aliphatic carbocycles. The van der Waals surface area contributed by atoms with Gasteiger partial charge in [0.25, 0.3) is 0 Å². The summed E-state index contributed by atoms with van der Waals surface area (Å²) in [6.07, 6.45) is -4.32. The van der Waals surface area contributed by atoms with Gasteiger partial charge in [0.15, 0.2) is 0 Å². The predicted octanol–water partition coefficient (Wildman–Crippen LogP) is 2.49. The molecule has 6 heteroatoms. The van der Waals surface area contributed by atoms with Gasteiger partial charge >= 0.3 is 12.3 Å². The second kappa shape index (κ2) is 4.55. The van der Waals surface area contributed by atoms with Crippen molar-refractivity contribution in [2.45, 2.75) is 26.1 Å². The van der Waals surface area contributed by atoms with Crippen molar-refractivity contribution < 1.29 is 22.7 Å². The van der Waals surface area contributed by atoms with Gasteiger partial charge in [0, 0.05) is 0 Å². The highest BCUT2D eigenvalue weighted by molar-refractivity contribution is 5.67. The molecule has 1 atom stereocenters. The molecule has 0 aromatic rings. The molecule has 0 heterocycles. The number of halogens is 3. The third kappa shape index (κ3) is 3.14. The summed E-state index contributed by atoms with van der Waals surface area (Å²) < 4.78 is 42.0. The van der Waals surface area contributed by atoms with Gasteiger partial charge in [0.2, 0.25) is 0 Å². The Morgan fingerprint density at radius 2 is 1.93 bits per heavy atom. The molecule has 3 nitrogen and oxygen atoms in total. The van der Waals surface area contributed by atoms with Crippen LogP contribution in [0, 0.1) is 5.41 Å². The number of rotatable bonds is 3.